The molecule has 3 aromatic carbocycles. The van der Waals surface area contributed by atoms with Gasteiger partial charge in [-0.15, -0.1) is 0 Å². The lowest BCUT2D eigenvalue weighted by atomic mass is 10.1. The molecule has 0 saturated carbocycles. The number of aryl methyl sites for hydroxylation is 1. The third-order valence-electron chi connectivity index (χ3n) is 4.89. The summed E-state index contributed by atoms with van der Waals surface area (Å²) in [5, 5.41) is 0. The summed E-state index contributed by atoms with van der Waals surface area (Å²) in [6.45, 7) is 2.00. The highest BCUT2D eigenvalue weighted by Crippen LogP contribution is 2.31. The number of ether oxygens (including phenoxy) is 2. The van der Waals surface area contributed by atoms with Crippen molar-refractivity contribution in [3.8, 4) is 11.5 Å². The number of anilines is 1. The minimum atomic E-state index is -0.183. The van der Waals surface area contributed by atoms with Gasteiger partial charge in [0.2, 0.25) is 0 Å². The van der Waals surface area contributed by atoms with E-state index in [0.717, 1.165) is 28.1 Å². The van der Waals surface area contributed by atoms with E-state index in [2.05, 4.69) is 0 Å². The van der Waals surface area contributed by atoms with Gasteiger partial charge in [-0.2, -0.15) is 0 Å². The summed E-state index contributed by atoms with van der Waals surface area (Å²) in [5.41, 5.74) is 3.82. The van der Waals surface area contributed by atoms with Crippen molar-refractivity contribution in [2.24, 2.45) is 4.99 Å². The lowest BCUT2D eigenvalue weighted by molar-refractivity contribution is -0.113. The number of hydrogen-bond donors (Lipinski definition) is 0. The molecule has 3 aromatic rings. The predicted molar refractivity (Wildman–Crippen MR) is 119 cm³/mol. The maximum absolute atomic E-state index is 13.4. The minimum Gasteiger partial charge on any atom is -0.497 e. The van der Waals surface area contributed by atoms with Crippen LogP contribution in [0.4, 0.5) is 5.69 Å². The van der Waals surface area contributed by atoms with Crippen molar-refractivity contribution in [1.29, 1.82) is 0 Å². The molecule has 0 radical (unpaired) electrons. The fourth-order valence-corrected chi connectivity index (χ4v) is 3.39. The number of carbonyl (C=O) groups excluding carboxylic acids is 1. The molecule has 0 unspecified atom stereocenters. The Hall–Kier alpha value is -3.86. The van der Waals surface area contributed by atoms with Crippen molar-refractivity contribution < 1.29 is 14.3 Å². The van der Waals surface area contributed by atoms with Crippen LogP contribution in [0.2, 0.25) is 0 Å². The SMILES string of the molecule is COc1ccc(/C=C2/N=C(c3ccccc3OC)N(c3cccc(C)c3)C2=O)cc1. The lowest BCUT2D eigenvalue weighted by Crippen LogP contribution is -2.32. The minimum absolute atomic E-state index is 0.183. The number of hydrogen-bond acceptors (Lipinski definition) is 4. The monoisotopic (exact) mass is 398 g/mol. The standard InChI is InChI=1S/C25H22N2O3/c1-17-7-6-8-19(15-17)27-24(21-9-4-5-10-23(21)30-3)26-22(25(27)28)16-18-11-13-20(29-2)14-12-18/h4-16H,1-3H3/b22-16+. The molecule has 4 rings (SSSR count). The van der Waals surface area contributed by atoms with E-state index in [9.17, 15) is 4.79 Å². The third kappa shape index (κ3) is 3.70. The average Bonchev–Trinajstić information content (AvgIpc) is 3.10. The molecule has 5 nitrogen and oxygen atoms in total. The van der Waals surface area contributed by atoms with Crippen molar-refractivity contribution in [3.05, 3.63) is 95.2 Å². The molecule has 0 spiro atoms. The molecule has 0 N–H and O–H groups in total. The maximum atomic E-state index is 13.4. The second-order valence-electron chi connectivity index (χ2n) is 6.92. The zero-order valence-corrected chi connectivity index (χ0v) is 17.1. The largest absolute Gasteiger partial charge is 0.497 e. The smallest absolute Gasteiger partial charge is 0.282 e. The van der Waals surface area contributed by atoms with E-state index in [1.165, 1.54) is 0 Å². The highest BCUT2D eigenvalue weighted by atomic mass is 16.5. The molecule has 0 aromatic heterocycles. The number of amides is 1. The van der Waals surface area contributed by atoms with Gasteiger partial charge in [0.1, 0.15) is 17.2 Å². The van der Waals surface area contributed by atoms with Crippen molar-refractivity contribution in [2.45, 2.75) is 6.92 Å². The number of amidine groups is 1. The van der Waals surface area contributed by atoms with Gasteiger partial charge in [0.15, 0.2) is 5.84 Å². The number of methoxy groups -OCH3 is 2. The Kier molecular flexibility index (Phi) is 5.35. The van der Waals surface area contributed by atoms with Crippen LogP contribution in [0.15, 0.2) is 83.5 Å². The summed E-state index contributed by atoms with van der Waals surface area (Å²) >= 11 is 0. The van der Waals surface area contributed by atoms with Crippen LogP contribution < -0.4 is 14.4 Å². The normalized spacial score (nSPS) is 14.8. The zero-order valence-electron chi connectivity index (χ0n) is 17.1. The molecule has 1 aliphatic heterocycles. The van der Waals surface area contributed by atoms with Gasteiger partial charge in [0, 0.05) is 0 Å². The first kappa shape index (κ1) is 19.5. The molecule has 1 heterocycles. The van der Waals surface area contributed by atoms with E-state index >= 15 is 0 Å². The fourth-order valence-electron chi connectivity index (χ4n) is 3.39. The molecule has 5 heteroatoms. The first-order valence-electron chi connectivity index (χ1n) is 9.59. The first-order chi connectivity index (χ1) is 14.6. The Morgan fingerprint density at radius 2 is 1.67 bits per heavy atom. The Balaban J connectivity index is 1.84. The van der Waals surface area contributed by atoms with Crippen LogP contribution in [0.3, 0.4) is 0 Å². The maximum Gasteiger partial charge on any atom is 0.282 e. The molecule has 0 fully saturated rings. The van der Waals surface area contributed by atoms with Gasteiger partial charge in [-0.25, -0.2) is 4.99 Å². The summed E-state index contributed by atoms with van der Waals surface area (Å²) in [6.07, 6.45) is 1.78. The van der Waals surface area contributed by atoms with Gasteiger partial charge in [-0.3, -0.25) is 9.69 Å². The number of para-hydroxylation sites is 1. The Morgan fingerprint density at radius 1 is 0.900 bits per heavy atom. The highest BCUT2D eigenvalue weighted by Gasteiger charge is 2.33. The number of rotatable bonds is 5. The summed E-state index contributed by atoms with van der Waals surface area (Å²) in [7, 11) is 3.23. The second-order valence-corrected chi connectivity index (χ2v) is 6.92. The molecule has 30 heavy (non-hydrogen) atoms. The van der Waals surface area contributed by atoms with Gasteiger partial charge in [-0.1, -0.05) is 36.4 Å². The fraction of sp³-hybridized carbons (Fsp3) is 0.120. The predicted octanol–water partition coefficient (Wildman–Crippen LogP) is 4.85. The van der Waals surface area contributed by atoms with Crippen LogP contribution in [0.25, 0.3) is 6.08 Å². The number of aliphatic imine (C=N–C) groups is 1. The van der Waals surface area contributed by atoms with E-state index in [0.29, 0.717) is 17.3 Å². The molecule has 0 aliphatic carbocycles. The second kappa shape index (κ2) is 8.25. The Morgan fingerprint density at radius 3 is 2.37 bits per heavy atom. The zero-order chi connectivity index (χ0) is 21.1. The van der Waals surface area contributed by atoms with E-state index in [1.54, 1.807) is 25.2 Å². The number of benzene rings is 3. The number of carbonyl (C=O) groups is 1. The van der Waals surface area contributed by atoms with Crippen LogP contribution in [0.5, 0.6) is 11.5 Å². The summed E-state index contributed by atoms with van der Waals surface area (Å²) in [5.74, 6) is 1.78. The van der Waals surface area contributed by atoms with Crippen LogP contribution in [-0.4, -0.2) is 26.0 Å². The molecule has 0 saturated heterocycles. The van der Waals surface area contributed by atoms with Gasteiger partial charge in [-0.05, 0) is 60.5 Å². The van der Waals surface area contributed by atoms with Crippen LogP contribution in [0.1, 0.15) is 16.7 Å². The van der Waals surface area contributed by atoms with E-state index in [1.807, 2.05) is 79.7 Å². The summed E-state index contributed by atoms with van der Waals surface area (Å²) < 4.78 is 10.7. The molecular formula is C25H22N2O3. The molecular weight excluding hydrogens is 376 g/mol. The van der Waals surface area contributed by atoms with Gasteiger partial charge in [0.25, 0.3) is 5.91 Å². The van der Waals surface area contributed by atoms with E-state index < -0.39 is 0 Å². The van der Waals surface area contributed by atoms with Crippen molar-refractivity contribution in [1.82, 2.24) is 0 Å². The van der Waals surface area contributed by atoms with Crippen LogP contribution >= 0.6 is 0 Å². The van der Waals surface area contributed by atoms with Gasteiger partial charge >= 0.3 is 0 Å². The number of nitrogens with zero attached hydrogens (tertiary/aromatic N) is 2. The lowest BCUT2D eigenvalue weighted by Gasteiger charge is -2.20. The average molecular weight is 398 g/mol. The molecule has 1 amide bonds. The van der Waals surface area contributed by atoms with Gasteiger partial charge < -0.3 is 9.47 Å². The summed E-state index contributed by atoms with van der Waals surface area (Å²) in [6, 6.07) is 22.9. The summed E-state index contributed by atoms with van der Waals surface area (Å²) in [4.78, 5) is 19.8. The Bertz CT molecular complexity index is 1150. The molecule has 0 atom stereocenters. The van der Waals surface area contributed by atoms with E-state index in [-0.39, 0.29) is 5.91 Å². The first-order valence-corrected chi connectivity index (χ1v) is 9.59. The highest BCUT2D eigenvalue weighted by molar-refractivity contribution is 6.33. The van der Waals surface area contributed by atoms with Crippen molar-refractivity contribution in [3.63, 3.8) is 0 Å². The molecule has 1 aliphatic rings. The quantitative estimate of drug-likeness (QED) is 0.578. The topological polar surface area (TPSA) is 51.1 Å². The van der Waals surface area contributed by atoms with Crippen LogP contribution in [0, 0.1) is 6.92 Å². The van der Waals surface area contributed by atoms with Crippen LogP contribution in [-0.2, 0) is 4.79 Å². The molecule has 150 valence electrons. The van der Waals surface area contributed by atoms with E-state index in [4.69, 9.17) is 14.5 Å². The van der Waals surface area contributed by atoms with Crippen molar-refractivity contribution in [2.75, 3.05) is 19.1 Å². The van der Waals surface area contributed by atoms with Gasteiger partial charge in [0.05, 0.1) is 25.5 Å². The Labute approximate surface area is 175 Å². The van der Waals surface area contributed by atoms with Crippen molar-refractivity contribution >= 4 is 23.5 Å². The molecule has 0 bridgehead atoms. The third-order valence-corrected chi connectivity index (χ3v) is 4.89.